The summed E-state index contributed by atoms with van der Waals surface area (Å²) in [5.41, 5.74) is 1.58. The molecule has 0 amide bonds. The minimum atomic E-state index is 0.289. The molecule has 0 atom stereocenters. The second kappa shape index (κ2) is 8.61. The van der Waals surface area contributed by atoms with Crippen LogP contribution in [0.5, 0.6) is 11.5 Å². The summed E-state index contributed by atoms with van der Waals surface area (Å²) in [6.45, 7) is 5.43. The zero-order chi connectivity index (χ0) is 16.5. The van der Waals surface area contributed by atoms with E-state index >= 15 is 0 Å². The standard InChI is InChI=1S/C21H28O2/c1-21(2,17-18-11-13-19(22)14-12-18)15-7-4-8-16-23-20-9-5-3-6-10-20/h3,5-6,9-14,22H,4,7-8,15-17H2,1-2H3. The second-order valence-corrected chi connectivity index (χ2v) is 6.98. The number of rotatable bonds is 9. The lowest BCUT2D eigenvalue weighted by atomic mass is 9.81. The third kappa shape index (κ3) is 6.77. The Morgan fingerprint density at radius 2 is 1.57 bits per heavy atom. The van der Waals surface area contributed by atoms with Gasteiger partial charge in [0, 0.05) is 0 Å². The average Bonchev–Trinajstić information content (AvgIpc) is 2.54. The molecule has 0 unspecified atom stereocenters. The lowest BCUT2D eigenvalue weighted by molar-refractivity contribution is 0.285. The molecular formula is C21H28O2. The fourth-order valence-corrected chi connectivity index (χ4v) is 2.84. The van der Waals surface area contributed by atoms with E-state index in [1.165, 1.54) is 24.8 Å². The summed E-state index contributed by atoms with van der Waals surface area (Å²) in [7, 11) is 0. The SMILES string of the molecule is CC(C)(CCCCCOc1ccccc1)Cc1ccc(O)cc1. The molecule has 0 saturated heterocycles. The number of phenols is 1. The number of benzene rings is 2. The second-order valence-electron chi connectivity index (χ2n) is 6.98. The van der Waals surface area contributed by atoms with Gasteiger partial charge in [-0.15, -0.1) is 0 Å². The number of para-hydroxylation sites is 1. The van der Waals surface area contributed by atoms with Gasteiger partial charge in [0.05, 0.1) is 6.61 Å². The highest BCUT2D eigenvalue weighted by Gasteiger charge is 2.17. The van der Waals surface area contributed by atoms with Crippen LogP contribution in [0.4, 0.5) is 0 Å². The molecule has 0 heterocycles. The van der Waals surface area contributed by atoms with Crippen molar-refractivity contribution in [3.8, 4) is 11.5 Å². The molecule has 1 N–H and O–H groups in total. The zero-order valence-electron chi connectivity index (χ0n) is 14.3. The van der Waals surface area contributed by atoms with Gasteiger partial charge in [-0.2, -0.15) is 0 Å². The molecule has 0 saturated carbocycles. The van der Waals surface area contributed by atoms with Crippen molar-refractivity contribution < 1.29 is 9.84 Å². The first-order valence-electron chi connectivity index (χ1n) is 8.51. The molecule has 0 fully saturated rings. The summed E-state index contributed by atoms with van der Waals surface area (Å²) in [4.78, 5) is 0. The van der Waals surface area contributed by atoms with Gasteiger partial charge in [-0.1, -0.05) is 57.0 Å². The summed E-state index contributed by atoms with van der Waals surface area (Å²) < 4.78 is 5.72. The molecule has 0 aliphatic heterocycles. The highest BCUT2D eigenvalue weighted by molar-refractivity contribution is 5.26. The summed E-state index contributed by atoms with van der Waals surface area (Å²) >= 11 is 0. The van der Waals surface area contributed by atoms with Crippen molar-refractivity contribution in [3.05, 3.63) is 60.2 Å². The zero-order valence-corrected chi connectivity index (χ0v) is 14.3. The molecule has 23 heavy (non-hydrogen) atoms. The fourth-order valence-electron chi connectivity index (χ4n) is 2.84. The number of aromatic hydroxyl groups is 1. The Morgan fingerprint density at radius 1 is 0.870 bits per heavy atom. The molecule has 0 bridgehead atoms. The number of ether oxygens (including phenoxy) is 1. The average molecular weight is 312 g/mol. The number of phenolic OH excluding ortho intramolecular Hbond substituents is 1. The first-order chi connectivity index (χ1) is 11.1. The van der Waals surface area contributed by atoms with Gasteiger partial charge in [-0.25, -0.2) is 0 Å². The summed E-state index contributed by atoms with van der Waals surface area (Å²) in [5, 5.41) is 9.35. The molecule has 0 aromatic heterocycles. The van der Waals surface area contributed by atoms with Crippen molar-refractivity contribution in [2.24, 2.45) is 5.41 Å². The predicted molar refractivity (Wildman–Crippen MR) is 96.0 cm³/mol. The van der Waals surface area contributed by atoms with Gasteiger partial charge in [0.25, 0.3) is 0 Å². The molecule has 2 rings (SSSR count). The molecule has 0 radical (unpaired) electrons. The molecule has 2 aromatic rings. The molecule has 124 valence electrons. The first-order valence-corrected chi connectivity index (χ1v) is 8.51. The Hall–Kier alpha value is -1.96. The van der Waals surface area contributed by atoms with Gasteiger partial charge in [-0.3, -0.25) is 0 Å². The van der Waals surface area contributed by atoms with Crippen LogP contribution in [0.2, 0.25) is 0 Å². The van der Waals surface area contributed by atoms with E-state index in [0.29, 0.717) is 5.75 Å². The first kappa shape index (κ1) is 17.4. The topological polar surface area (TPSA) is 29.5 Å². The summed E-state index contributed by atoms with van der Waals surface area (Å²) in [6.07, 6.45) is 5.78. The monoisotopic (exact) mass is 312 g/mol. The maximum absolute atomic E-state index is 9.35. The predicted octanol–water partition coefficient (Wildman–Crippen LogP) is 5.60. The lowest BCUT2D eigenvalue weighted by Crippen LogP contribution is -2.15. The van der Waals surface area contributed by atoms with Crippen molar-refractivity contribution in [1.29, 1.82) is 0 Å². The summed E-state index contributed by atoms with van der Waals surface area (Å²) in [5.74, 6) is 1.30. The van der Waals surface area contributed by atoms with E-state index in [9.17, 15) is 5.11 Å². The highest BCUT2D eigenvalue weighted by atomic mass is 16.5. The van der Waals surface area contributed by atoms with Crippen LogP contribution in [0.1, 0.15) is 45.1 Å². The van der Waals surface area contributed by atoms with Gasteiger partial charge < -0.3 is 9.84 Å². The quantitative estimate of drug-likeness (QED) is 0.611. The van der Waals surface area contributed by atoms with Gasteiger partial charge >= 0.3 is 0 Å². The molecule has 2 nitrogen and oxygen atoms in total. The van der Waals surface area contributed by atoms with Crippen LogP contribution < -0.4 is 4.74 Å². The Bertz CT molecular complexity index is 558. The van der Waals surface area contributed by atoms with Crippen molar-refractivity contribution >= 4 is 0 Å². The molecule has 2 heteroatoms. The number of hydrogen-bond donors (Lipinski definition) is 1. The highest BCUT2D eigenvalue weighted by Crippen LogP contribution is 2.29. The molecule has 0 spiro atoms. The number of unbranched alkanes of at least 4 members (excludes halogenated alkanes) is 2. The van der Waals surface area contributed by atoms with Gasteiger partial charge in [0.2, 0.25) is 0 Å². The van der Waals surface area contributed by atoms with Gasteiger partial charge in [0.15, 0.2) is 0 Å². The van der Waals surface area contributed by atoms with Gasteiger partial charge in [-0.05, 0) is 54.5 Å². The molecular weight excluding hydrogens is 284 g/mol. The molecule has 0 aliphatic carbocycles. The van der Waals surface area contributed by atoms with Crippen molar-refractivity contribution in [3.63, 3.8) is 0 Å². The van der Waals surface area contributed by atoms with E-state index in [-0.39, 0.29) is 5.41 Å². The summed E-state index contributed by atoms with van der Waals surface area (Å²) in [6, 6.07) is 17.6. The van der Waals surface area contributed by atoms with Crippen molar-refractivity contribution in [1.82, 2.24) is 0 Å². The minimum Gasteiger partial charge on any atom is -0.508 e. The van der Waals surface area contributed by atoms with Crippen LogP contribution in [0.3, 0.4) is 0 Å². The van der Waals surface area contributed by atoms with Gasteiger partial charge in [0.1, 0.15) is 11.5 Å². The Balaban J connectivity index is 1.61. The van der Waals surface area contributed by atoms with Crippen LogP contribution in [0.25, 0.3) is 0 Å². The normalized spacial score (nSPS) is 11.4. The Kier molecular flexibility index (Phi) is 6.52. The third-order valence-electron chi connectivity index (χ3n) is 4.13. The smallest absolute Gasteiger partial charge is 0.119 e. The molecule has 2 aromatic carbocycles. The maximum atomic E-state index is 9.35. The van der Waals surface area contributed by atoms with Crippen LogP contribution >= 0.6 is 0 Å². The van der Waals surface area contributed by atoms with Crippen LogP contribution in [-0.2, 0) is 6.42 Å². The number of hydrogen-bond acceptors (Lipinski definition) is 2. The van der Waals surface area contributed by atoms with E-state index in [2.05, 4.69) is 13.8 Å². The van der Waals surface area contributed by atoms with Crippen LogP contribution in [-0.4, -0.2) is 11.7 Å². The van der Waals surface area contributed by atoms with E-state index < -0.39 is 0 Å². The van der Waals surface area contributed by atoms with E-state index in [0.717, 1.165) is 25.2 Å². The van der Waals surface area contributed by atoms with E-state index in [1.807, 2.05) is 42.5 Å². The van der Waals surface area contributed by atoms with E-state index in [1.54, 1.807) is 12.1 Å². The Labute approximate surface area is 140 Å². The lowest BCUT2D eigenvalue weighted by Gasteiger charge is -2.24. The van der Waals surface area contributed by atoms with Crippen molar-refractivity contribution in [2.75, 3.05) is 6.61 Å². The largest absolute Gasteiger partial charge is 0.508 e. The van der Waals surface area contributed by atoms with E-state index in [4.69, 9.17) is 4.74 Å². The fraction of sp³-hybridized carbons (Fsp3) is 0.429. The minimum absolute atomic E-state index is 0.289. The Morgan fingerprint density at radius 3 is 2.26 bits per heavy atom. The van der Waals surface area contributed by atoms with Crippen molar-refractivity contribution in [2.45, 2.75) is 46.0 Å². The molecule has 0 aliphatic rings. The van der Waals surface area contributed by atoms with Crippen LogP contribution in [0, 0.1) is 5.41 Å². The maximum Gasteiger partial charge on any atom is 0.119 e. The third-order valence-corrected chi connectivity index (χ3v) is 4.13. The van der Waals surface area contributed by atoms with Crippen LogP contribution in [0.15, 0.2) is 54.6 Å².